The fourth-order valence-electron chi connectivity index (χ4n) is 1.44. The molecule has 0 fully saturated rings. The van der Waals surface area contributed by atoms with E-state index in [0.29, 0.717) is 11.4 Å². The van der Waals surface area contributed by atoms with Crippen LogP contribution in [0.15, 0.2) is 36.7 Å². The van der Waals surface area contributed by atoms with E-state index in [1.807, 2.05) is 38.1 Å². The van der Waals surface area contributed by atoms with Crippen LogP contribution in [0, 0.1) is 13.8 Å². The van der Waals surface area contributed by atoms with E-state index >= 15 is 0 Å². The van der Waals surface area contributed by atoms with E-state index in [9.17, 15) is 0 Å². The minimum absolute atomic E-state index is 0.679. The molecule has 0 saturated carbocycles. The molecular formula is C13H14N2O. The second kappa shape index (κ2) is 4.23. The highest BCUT2D eigenvalue weighted by Gasteiger charge is 2.05. The Morgan fingerprint density at radius 3 is 2.62 bits per heavy atom. The Morgan fingerprint density at radius 1 is 1.06 bits per heavy atom. The maximum atomic E-state index is 5.94. The number of benzene rings is 1. The van der Waals surface area contributed by atoms with Gasteiger partial charge in [-0.15, -0.1) is 0 Å². The first-order chi connectivity index (χ1) is 7.68. The van der Waals surface area contributed by atoms with Crippen molar-refractivity contribution in [2.45, 2.75) is 13.8 Å². The van der Waals surface area contributed by atoms with E-state index in [-0.39, 0.29) is 0 Å². The van der Waals surface area contributed by atoms with Gasteiger partial charge < -0.3 is 10.5 Å². The topological polar surface area (TPSA) is 48.1 Å². The van der Waals surface area contributed by atoms with Crippen molar-refractivity contribution in [3.63, 3.8) is 0 Å². The number of nitrogens with two attached hydrogens (primary N) is 1. The molecule has 2 rings (SSSR count). The molecule has 0 unspecified atom stereocenters. The van der Waals surface area contributed by atoms with Gasteiger partial charge in [-0.1, -0.05) is 12.1 Å². The fourth-order valence-corrected chi connectivity index (χ4v) is 1.44. The molecule has 0 radical (unpaired) electrons. The zero-order chi connectivity index (χ0) is 11.5. The third-order valence-corrected chi connectivity index (χ3v) is 2.47. The highest BCUT2D eigenvalue weighted by Crippen LogP contribution is 2.30. The SMILES string of the molecule is Cc1cnccc1Oc1cccc(C)c1N. The van der Waals surface area contributed by atoms with Crippen LogP contribution >= 0.6 is 0 Å². The lowest BCUT2D eigenvalue weighted by atomic mass is 10.2. The standard InChI is InChI=1S/C13H14N2O/c1-9-4-3-5-12(13(9)14)16-11-6-7-15-8-10(11)2/h3-8H,14H2,1-2H3. The molecule has 0 spiro atoms. The van der Waals surface area contributed by atoms with Crippen molar-refractivity contribution < 1.29 is 4.74 Å². The van der Waals surface area contributed by atoms with Gasteiger partial charge in [0, 0.05) is 18.0 Å². The van der Waals surface area contributed by atoms with Crippen LogP contribution in [0.4, 0.5) is 5.69 Å². The molecule has 2 aromatic rings. The number of pyridine rings is 1. The normalized spacial score (nSPS) is 10.1. The van der Waals surface area contributed by atoms with Crippen molar-refractivity contribution in [3.05, 3.63) is 47.8 Å². The van der Waals surface area contributed by atoms with Gasteiger partial charge in [0.2, 0.25) is 0 Å². The zero-order valence-corrected chi connectivity index (χ0v) is 9.40. The molecule has 0 bridgehead atoms. The number of rotatable bonds is 2. The first-order valence-corrected chi connectivity index (χ1v) is 5.12. The Balaban J connectivity index is 2.35. The van der Waals surface area contributed by atoms with Crippen molar-refractivity contribution in [1.82, 2.24) is 4.98 Å². The largest absolute Gasteiger partial charge is 0.455 e. The van der Waals surface area contributed by atoms with E-state index in [4.69, 9.17) is 10.5 Å². The van der Waals surface area contributed by atoms with Crippen LogP contribution in [-0.2, 0) is 0 Å². The van der Waals surface area contributed by atoms with Crippen molar-refractivity contribution >= 4 is 5.69 Å². The first kappa shape index (κ1) is 10.5. The van der Waals surface area contributed by atoms with Gasteiger partial charge in [-0.25, -0.2) is 0 Å². The lowest BCUT2D eigenvalue weighted by Gasteiger charge is -2.11. The highest BCUT2D eigenvalue weighted by molar-refractivity contribution is 5.59. The third kappa shape index (κ3) is 1.98. The lowest BCUT2D eigenvalue weighted by Crippen LogP contribution is -1.95. The number of para-hydroxylation sites is 1. The van der Waals surface area contributed by atoms with E-state index in [0.717, 1.165) is 16.9 Å². The molecule has 0 aliphatic carbocycles. The number of aryl methyl sites for hydroxylation is 2. The molecule has 0 aliphatic rings. The van der Waals surface area contributed by atoms with E-state index < -0.39 is 0 Å². The van der Waals surface area contributed by atoms with E-state index in [2.05, 4.69) is 4.98 Å². The maximum Gasteiger partial charge on any atom is 0.150 e. The highest BCUT2D eigenvalue weighted by atomic mass is 16.5. The van der Waals surface area contributed by atoms with Crippen molar-refractivity contribution in [3.8, 4) is 11.5 Å². The molecule has 0 atom stereocenters. The van der Waals surface area contributed by atoms with Crippen molar-refractivity contribution in [1.29, 1.82) is 0 Å². The fraction of sp³-hybridized carbons (Fsp3) is 0.154. The van der Waals surface area contributed by atoms with Gasteiger partial charge >= 0.3 is 0 Å². The Bertz CT molecular complexity index is 509. The molecule has 3 nitrogen and oxygen atoms in total. The molecule has 16 heavy (non-hydrogen) atoms. The van der Waals surface area contributed by atoms with Gasteiger partial charge in [-0.2, -0.15) is 0 Å². The van der Waals surface area contributed by atoms with Crippen LogP contribution in [0.25, 0.3) is 0 Å². The molecule has 1 aromatic carbocycles. The molecule has 1 heterocycles. The molecule has 82 valence electrons. The van der Waals surface area contributed by atoms with Crippen LogP contribution in [-0.4, -0.2) is 4.98 Å². The summed E-state index contributed by atoms with van der Waals surface area (Å²) < 4.78 is 5.76. The van der Waals surface area contributed by atoms with Gasteiger partial charge in [-0.3, -0.25) is 4.98 Å². The molecule has 0 saturated heterocycles. The molecule has 2 N–H and O–H groups in total. The number of hydrogen-bond acceptors (Lipinski definition) is 3. The first-order valence-electron chi connectivity index (χ1n) is 5.12. The van der Waals surface area contributed by atoms with Gasteiger partial charge in [0.15, 0.2) is 5.75 Å². The number of hydrogen-bond donors (Lipinski definition) is 1. The monoisotopic (exact) mass is 214 g/mol. The van der Waals surface area contributed by atoms with Crippen molar-refractivity contribution in [2.75, 3.05) is 5.73 Å². The second-order valence-electron chi connectivity index (χ2n) is 3.73. The summed E-state index contributed by atoms with van der Waals surface area (Å²) in [6.07, 6.45) is 3.47. The summed E-state index contributed by atoms with van der Waals surface area (Å²) >= 11 is 0. The number of ether oxygens (including phenoxy) is 1. The molecular weight excluding hydrogens is 200 g/mol. The Kier molecular flexibility index (Phi) is 2.77. The summed E-state index contributed by atoms with van der Waals surface area (Å²) in [6.45, 7) is 3.91. The summed E-state index contributed by atoms with van der Waals surface area (Å²) in [6, 6.07) is 7.58. The number of anilines is 1. The predicted molar refractivity (Wildman–Crippen MR) is 64.6 cm³/mol. The minimum Gasteiger partial charge on any atom is -0.455 e. The summed E-state index contributed by atoms with van der Waals surface area (Å²) in [5.74, 6) is 1.47. The molecule has 0 amide bonds. The number of nitrogen functional groups attached to an aromatic ring is 1. The smallest absolute Gasteiger partial charge is 0.150 e. The number of nitrogens with zero attached hydrogens (tertiary/aromatic N) is 1. The van der Waals surface area contributed by atoms with Crippen molar-refractivity contribution in [2.24, 2.45) is 0 Å². The average molecular weight is 214 g/mol. The Morgan fingerprint density at radius 2 is 1.88 bits per heavy atom. The molecule has 1 aromatic heterocycles. The zero-order valence-electron chi connectivity index (χ0n) is 9.40. The van der Waals surface area contributed by atoms with Gasteiger partial charge in [-0.05, 0) is 31.5 Å². The van der Waals surface area contributed by atoms with E-state index in [1.54, 1.807) is 12.4 Å². The third-order valence-electron chi connectivity index (χ3n) is 2.47. The summed E-state index contributed by atoms with van der Waals surface area (Å²) in [7, 11) is 0. The molecule has 3 heteroatoms. The van der Waals surface area contributed by atoms with E-state index in [1.165, 1.54) is 0 Å². The Labute approximate surface area is 94.9 Å². The van der Waals surface area contributed by atoms with Crippen LogP contribution < -0.4 is 10.5 Å². The minimum atomic E-state index is 0.679. The Hall–Kier alpha value is -2.03. The predicted octanol–water partition coefficient (Wildman–Crippen LogP) is 3.07. The van der Waals surface area contributed by atoms with Crippen LogP contribution in [0.3, 0.4) is 0 Å². The summed E-state index contributed by atoms with van der Waals surface area (Å²) in [5, 5.41) is 0. The van der Waals surface area contributed by atoms with Crippen LogP contribution in [0.1, 0.15) is 11.1 Å². The van der Waals surface area contributed by atoms with Gasteiger partial charge in [0.05, 0.1) is 5.69 Å². The number of aromatic nitrogens is 1. The summed E-state index contributed by atoms with van der Waals surface area (Å²) in [5.41, 5.74) is 8.63. The van der Waals surface area contributed by atoms with Crippen LogP contribution in [0.5, 0.6) is 11.5 Å². The maximum absolute atomic E-state index is 5.94. The second-order valence-corrected chi connectivity index (χ2v) is 3.73. The quantitative estimate of drug-likeness (QED) is 0.781. The molecule has 0 aliphatic heterocycles. The lowest BCUT2D eigenvalue weighted by molar-refractivity contribution is 0.480. The summed E-state index contributed by atoms with van der Waals surface area (Å²) in [4.78, 5) is 4.02. The van der Waals surface area contributed by atoms with Gasteiger partial charge in [0.1, 0.15) is 5.75 Å². The van der Waals surface area contributed by atoms with Crippen LogP contribution in [0.2, 0.25) is 0 Å². The average Bonchev–Trinajstić information content (AvgIpc) is 2.28. The van der Waals surface area contributed by atoms with Gasteiger partial charge in [0.25, 0.3) is 0 Å².